The second-order valence-corrected chi connectivity index (χ2v) is 9.82. The Morgan fingerprint density at radius 3 is 2.90 bits per heavy atom. The standard InChI is InChI=1S/C19H21F3N6O2S/c1-12-10-30-8-7-28(12)16-9-15(27-31(2,29)11-19(20,21)22)25-18(26-16)14-4-6-24-17-13(14)3-5-23-17/h3-6,9,12H,7-8,10-11H2,1-2H3,(H,23,24)/t12-,31?/m1/s1. The fourth-order valence-electron chi connectivity index (χ4n) is 3.49. The first-order chi connectivity index (χ1) is 14.6. The van der Waals surface area contributed by atoms with Gasteiger partial charge in [0, 0.05) is 42.2 Å². The number of nitrogens with one attached hydrogen (secondary N) is 1. The van der Waals surface area contributed by atoms with Gasteiger partial charge in [-0.1, -0.05) is 0 Å². The Hall–Kier alpha value is -2.73. The number of hydrogen-bond acceptors (Lipinski definition) is 7. The van der Waals surface area contributed by atoms with Gasteiger partial charge in [0.15, 0.2) is 11.6 Å². The summed E-state index contributed by atoms with van der Waals surface area (Å²) in [6, 6.07) is 5.01. The number of ether oxygens (including phenoxy) is 1. The first-order valence-corrected chi connectivity index (χ1v) is 11.6. The number of alkyl halides is 3. The van der Waals surface area contributed by atoms with Crippen LogP contribution in [0.3, 0.4) is 0 Å². The molecule has 1 unspecified atom stereocenters. The van der Waals surface area contributed by atoms with Crippen molar-refractivity contribution in [2.45, 2.75) is 19.1 Å². The molecule has 3 aromatic rings. The van der Waals surface area contributed by atoms with Gasteiger partial charge in [-0.15, -0.1) is 0 Å². The lowest BCUT2D eigenvalue weighted by atomic mass is 10.1. The monoisotopic (exact) mass is 454 g/mol. The van der Waals surface area contributed by atoms with Gasteiger partial charge in [-0.3, -0.25) is 0 Å². The van der Waals surface area contributed by atoms with E-state index < -0.39 is 21.7 Å². The molecule has 166 valence electrons. The molecule has 0 bridgehead atoms. The summed E-state index contributed by atoms with van der Waals surface area (Å²) < 4.78 is 60.5. The first-order valence-electron chi connectivity index (χ1n) is 9.54. The molecule has 12 heteroatoms. The topological polar surface area (TPSA) is 96.4 Å². The van der Waals surface area contributed by atoms with E-state index in [-0.39, 0.29) is 17.7 Å². The SMILES string of the molecule is C[C@@H]1COCCN1c1cc(N=S(C)(=O)CC(F)(F)F)nc(-c2ccnc3[nH]ccc23)n1. The summed E-state index contributed by atoms with van der Waals surface area (Å²) in [5.74, 6) is -0.817. The van der Waals surface area contributed by atoms with Gasteiger partial charge in [0.1, 0.15) is 17.2 Å². The predicted molar refractivity (Wildman–Crippen MR) is 112 cm³/mol. The third kappa shape index (κ3) is 4.96. The third-order valence-corrected chi connectivity index (χ3v) is 6.22. The Balaban J connectivity index is 1.87. The zero-order valence-electron chi connectivity index (χ0n) is 16.9. The first kappa shape index (κ1) is 21.5. The molecule has 8 nitrogen and oxygen atoms in total. The van der Waals surface area contributed by atoms with E-state index in [4.69, 9.17) is 4.74 Å². The van der Waals surface area contributed by atoms with E-state index in [2.05, 4.69) is 24.3 Å². The Labute approximate surface area is 177 Å². The second-order valence-electron chi connectivity index (χ2n) is 7.43. The lowest BCUT2D eigenvalue weighted by Gasteiger charge is -2.34. The predicted octanol–water partition coefficient (Wildman–Crippen LogP) is 3.54. The number of H-pyrrole nitrogens is 1. The number of nitrogens with zero attached hydrogens (tertiary/aromatic N) is 5. The van der Waals surface area contributed by atoms with E-state index in [1.807, 2.05) is 17.9 Å². The lowest BCUT2D eigenvalue weighted by Crippen LogP contribution is -2.44. The summed E-state index contributed by atoms with van der Waals surface area (Å²) in [4.78, 5) is 18.2. The maximum absolute atomic E-state index is 12.9. The number of aromatic nitrogens is 4. The molecule has 3 aromatic heterocycles. The van der Waals surface area contributed by atoms with Crippen LogP contribution in [-0.2, 0) is 14.5 Å². The normalized spacial score (nSPS) is 19.4. The second kappa shape index (κ2) is 8.08. The molecule has 0 spiro atoms. The largest absolute Gasteiger partial charge is 0.401 e. The summed E-state index contributed by atoms with van der Waals surface area (Å²) in [5, 5.41) is 0.758. The van der Waals surface area contributed by atoms with Crippen LogP contribution >= 0.6 is 0 Å². The van der Waals surface area contributed by atoms with Gasteiger partial charge in [-0.2, -0.15) is 17.5 Å². The van der Waals surface area contributed by atoms with Crippen molar-refractivity contribution in [3.8, 4) is 11.4 Å². The summed E-state index contributed by atoms with van der Waals surface area (Å²) in [5.41, 5.74) is 1.27. The minimum Gasteiger partial charge on any atom is -0.377 e. The maximum atomic E-state index is 12.9. The Bertz CT molecular complexity index is 1220. The molecule has 0 aliphatic carbocycles. The average Bonchev–Trinajstić information content (AvgIpc) is 3.14. The van der Waals surface area contributed by atoms with E-state index in [1.54, 1.807) is 18.5 Å². The molecule has 4 rings (SSSR count). The van der Waals surface area contributed by atoms with Crippen molar-refractivity contribution >= 4 is 32.4 Å². The fraction of sp³-hybridized carbons (Fsp3) is 0.421. The van der Waals surface area contributed by atoms with Crippen molar-refractivity contribution in [2.24, 2.45) is 4.36 Å². The molecule has 0 saturated carbocycles. The Kier molecular flexibility index (Phi) is 5.60. The highest BCUT2D eigenvalue weighted by atomic mass is 32.2. The quantitative estimate of drug-likeness (QED) is 0.648. The highest BCUT2D eigenvalue weighted by Crippen LogP contribution is 2.30. The van der Waals surface area contributed by atoms with Crippen molar-refractivity contribution in [2.75, 3.05) is 36.7 Å². The minimum atomic E-state index is -4.60. The number of anilines is 1. The Morgan fingerprint density at radius 2 is 2.16 bits per heavy atom. The number of aromatic amines is 1. The number of morpholine rings is 1. The van der Waals surface area contributed by atoms with Crippen LogP contribution in [-0.4, -0.2) is 68.1 Å². The molecule has 1 saturated heterocycles. The number of pyridine rings is 1. The molecule has 4 heterocycles. The molecule has 0 aromatic carbocycles. The molecular weight excluding hydrogens is 433 g/mol. The third-order valence-electron chi connectivity index (χ3n) is 4.78. The molecule has 1 aliphatic heterocycles. The van der Waals surface area contributed by atoms with Gasteiger partial charge in [0.05, 0.1) is 29.0 Å². The van der Waals surface area contributed by atoms with Crippen LogP contribution in [0.5, 0.6) is 0 Å². The molecule has 1 fully saturated rings. The van der Waals surface area contributed by atoms with Crippen LogP contribution in [0, 0.1) is 0 Å². The van der Waals surface area contributed by atoms with Gasteiger partial charge in [0.25, 0.3) is 0 Å². The van der Waals surface area contributed by atoms with Gasteiger partial charge >= 0.3 is 6.18 Å². The van der Waals surface area contributed by atoms with E-state index in [9.17, 15) is 17.4 Å². The maximum Gasteiger partial charge on any atom is 0.401 e. The summed E-state index contributed by atoms with van der Waals surface area (Å²) in [7, 11) is -3.59. The highest BCUT2D eigenvalue weighted by Gasteiger charge is 2.32. The number of fused-ring (bicyclic) bond motifs is 1. The van der Waals surface area contributed by atoms with E-state index >= 15 is 0 Å². The Morgan fingerprint density at radius 1 is 1.35 bits per heavy atom. The van der Waals surface area contributed by atoms with Gasteiger partial charge < -0.3 is 14.6 Å². The highest BCUT2D eigenvalue weighted by molar-refractivity contribution is 7.93. The van der Waals surface area contributed by atoms with E-state index in [1.165, 1.54) is 6.07 Å². The molecular formula is C19H21F3N6O2S. The zero-order valence-corrected chi connectivity index (χ0v) is 17.7. The van der Waals surface area contributed by atoms with Crippen LogP contribution in [0.25, 0.3) is 22.4 Å². The van der Waals surface area contributed by atoms with Crippen LogP contribution < -0.4 is 4.90 Å². The van der Waals surface area contributed by atoms with E-state index in [0.717, 1.165) is 11.6 Å². The molecule has 31 heavy (non-hydrogen) atoms. The summed E-state index contributed by atoms with van der Waals surface area (Å²) in [6.07, 6.45) is -0.307. The molecule has 2 atom stereocenters. The van der Waals surface area contributed by atoms with E-state index in [0.29, 0.717) is 36.8 Å². The van der Waals surface area contributed by atoms with Gasteiger partial charge in [-0.05, 0) is 19.1 Å². The number of rotatable bonds is 4. The van der Waals surface area contributed by atoms with Gasteiger partial charge in [0.2, 0.25) is 0 Å². The smallest absolute Gasteiger partial charge is 0.377 e. The van der Waals surface area contributed by atoms with Crippen molar-refractivity contribution in [3.63, 3.8) is 0 Å². The van der Waals surface area contributed by atoms with Crippen molar-refractivity contribution < 1.29 is 22.1 Å². The zero-order chi connectivity index (χ0) is 22.2. The van der Waals surface area contributed by atoms with Crippen LogP contribution in [0.4, 0.5) is 24.8 Å². The van der Waals surface area contributed by atoms with Crippen molar-refractivity contribution in [3.05, 3.63) is 30.6 Å². The van der Waals surface area contributed by atoms with Crippen molar-refractivity contribution in [1.29, 1.82) is 0 Å². The van der Waals surface area contributed by atoms with Gasteiger partial charge in [-0.25, -0.2) is 19.2 Å². The summed E-state index contributed by atoms with van der Waals surface area (Å²) >= 11 is 0. The van der Waals surface area contributed by atoms with Crippen molar-refractivity contribution in [1.82, 2.24) is 19.9 Å². The fourth-order valence-corrected chi connectivity index (χ4v) is 4.65. The van der Waals surface area contributed by atoms with Crippen LogP contribution in [0.1, 0.15) is 6.92 Å². The molecule has 0 amide bonds. The summed E-state index contributed by atoms with van der Waals surface area (Å²) in [6.45, 7) is 3.49. The van der Waals surface area contributed by atoms with Crippen LogP contribution in [0.2, 0.25) is 0 Å². The molecule has 0 radical (unpaired) electrons. The lowest BCUT2D eigenvalue weighted by molar-refractivity contribution is -0.105. The minimum absolute atomic E-state index is 0.00442. The number of halogens is 3. The average molecular weight is 454 g/mol. The van der Waals surface area contributed by atoms with Crippen LogP contribution in [0.15, 0.2) is 35.0 Å². The number of hydrogen-bond donors (Lipinski definition) is 1. The molecule has 1 N–H and O–H groups in total. The molecule has 1 aliphatic rings.